The number of ether oxygens (including phenoxy) is 2. The van der Waals surface area contributed by atoms with E-state index in [1.165, 1.54) is 19.1 Å². The molecule has 0 spiro atoms. The van der Waals surface area contributed by atoms with Crippen LogP contribution in [-0.4, -0.2) is 149 Å². The Labute approximate surface area is 361 Å². The zero-order valence-corrected chi connectivity index (χ0v) is 39.9. The number of nitrogens with one attached hydrogen (secondary N) is 2. The van der Waals surface area contributed by atoms with Crippen LogP contribution in [0.15, 0.2) is 30.3 Å². The van der Waals surface area contributed by atoms with Gasteiger partial charge >= 0.3 is 0 Å². The van der Waals surface area contributed by atoms with Gasteiger partial charge in [0, 0.05) is 47.0 Å². The number of benzene rings is 1. The molecule has 5 amide bonds. The number of amides is 5. The molecule has 1 saturated heterocycles. The van der Waals surface area contributed by atoms with Crippen molar-refractivity contribution in [3.63, 3.8) is 0 Å². The lowest BCUT2D eigenvalue weighted by molar-refractivity contribution is -0.148. The molecule has 1 fully saturated rings. The van der Waals surface area contributed by atoms with Gasteiger partial charge in [0.2, 0.25) is 29.5 Å². The molecule has 1 aliphatic heterocycles. The minimum absolute atomic E-state index is 0.0243. The maximum Gasteiger partial charge on any atom is 0.245 e. The molecule has 0 radical (unpaired) electrons. The minimum Gasteiger partial charge on any atom is -0.386 e. The Bertz CT molecular complexity index is 1590. The Morgan fingerprint density at radius 3 is 2.03 bits per heavy atom. The molecular formula is C45H79N5O9S. The van der Waals surface area contributed by atoms with E-state index in [0.717, 1.165) is 6.42 Å². The van der Waals surface area contributed by atoms with Gasteiger partial charge in [-0.05, 0) is 62.0 Å². The van der Waals surface area contributed by atoms with Crippen LogP contribution in [0.2, 0.25) is 0 Å². The molecular weight excluding hydrogens is 787 g/mol. The van der Waals surface area contributed by atoms with Crippen LogP contribution in [0.1, 0.15) is 106 Å². The second-order valence-electron chi connectivity index (χ2n) is 18.1. The first-order valence-electron chi connectivity index (χ1n) is 21.8. The summed E-state index contributed by atoms with van der Waals surface area (Å²) >= 11 is 0. The Morgan fingerprint density at radius 1 is 0.900 bits per heavy atom. The van der Waals surface area contributed by atoms with Crippen LogP contribution >= 0.6 is 0 Å². The summed E-state index contributed by atoms with van der Waals surface area (Å²) in [6.45, 7) is 15.4. The predicted octanol–water partition coefficient (Wildman–Crippen LogP) is 3.83. The number of hydrogen-bond donors (Lipinski definition) is 4. The van der Waals surface area contributed by atoms with Gasteiger partial charge in [0.15, 0.2) is 0 Å². The zero-order chi connectivity index (χ0) is 45.6. The molecule has 2 rings (SSSR count). The van der Waals surface area contributed by atoms with Crippen molar-refractivity contribution >= 4 is 39.5 Å². The lowest BCUT2D eigenvalue weighted by Crippen LogP contribution is -2.60. The second-order valence-corrected chi connectivity index (χ2v) is 21.7. The van der Waals surface area contributed by atoms with Crippen molar-refractivity contribution in [3.8, 4) is 0 Å². The fourth-order valence-corrected chi connectivity index (χ4v) is 9.44. The number of methoxy groups -OCH3 is 2. The molecule has 1 aromatic carbocycles. The van der Waals surface area contributed by atoms with Crippen LogP contribution in [0, 0.1) is 23.7 Å². The van der Waals surface area contributed by atoms with Crippen LogP contribution < -0.4 is 10.6 Å². The van der Waals surface area contributed by atoms with Crippen LogP contribution in [0.5, 0.6) is 0 Å². The molecule has 344 valence electrons. The molecule has 0 aromatic heterocycles. The second kappa shape index (κ2) is 24.3. The Hall–Kier alpha value is -3.40. The van der Waals surface area contributed by atoms with E-state index in [0.29, 0.717) is 37.1 Å². The van der Waals surface area contributed by atoms with Gasteiger partial charge in [0.25, 0.3) is 0 Å². The number of hydrogen-bond acceptors (Lipinski definition) is 9. The SMILES string of the molecule is CC[C@@H](C)[C@H]([C@H](CC(=O)N1CCC[C@@H]1[C@@H](OC)[C@H](C)C(=O)N[C@@H](C)[C@H](O)c1ccccc1)OC)N(C)C(=O)C(NC(=O)C(C(C)C)N(C)C(=O)CCC[SH](C)(C)=O)C(C)C. The van der Waals surface area contributed by atoms with E-state index in [4.69, 9.17) is 9.47 Å². The first-order valence-corrected chi connectivity index (χ1v) is 24.6. The monoisotopic (exact) mass is 866 g/mol. The van der Waals surface area contributed by atoms with E-state index in [1.54, 1.807) is 62.4 Å². The van der Waals surface area contributed by atoms with Crippen molar-refractivity contribution in [1.82, 2.24) is 25.3 Å². The lowest BCUT2D eigenvalue weighted by atomic mass is 9.89. The van der Waals surface area contributed by atoms with E-state index >= 15 is 0 Å². The van der Waals surface area contributed by atoms with Gasteiger partial charge in [-0.3, -0.25) is 28.2 Å². The normalized spacial score (nSPS) is 19.4. The van der Waals surface area contributed by atoms with Crippen molar-refractivity contribution in [1.29, 1.82) is 0 Å². The molecule has 15 heteroatoms. The van der Waals surface area contributed by atoms with E-state index in [-0.39, 0.29) is 60.3 Å². The minimum atomic E-state index is -2.28. The van der Waals surface area contributed by atoms with Crippen LogP contribution in [0.25, 0.3) is 0 Å². The average Bonchev–Trinajstić information content (AvgIpc) is 3.68. The third kappa shape index (κ3) is 14.6. The fraction of sp³-hybridized carbons (Fsp3) is 0.756. The molecule has 2 unspecified atom stereocenters. The largest absolute Gasteiger partial charge is 0.386 e. The molecule has 1 aromatic rings. The van der Waals surface area contributed by atoms with Crippen molar-refractivity contribution in [2.75, 3.05) is 53.1 Å². The third-order valence-corrected chi connectivity index (χ3v) is 13.7. The summed E-state index contributed by atoms with van der Waals surface area (Å²) in [6, 6.07) is 5.91. The zero-order valence-electron chi connectivity index (χ0n) is 39.0. The Kier molecular flexibility index (Phi) is 21.4. The number of carbonyl (C=O) groups is 5. The summed E-state index contributed by atoms with van der Waals surface area (Å²) in [6.07, 6.45) is 3.84. The first-order chi connectivity index (χ1) is 28.0. The number of nitrogens with zero attached hydrogens (tertiary/aromatic N) is 3. The number of carbonyl (C=O) groups excluding carboxylic acids is 5. The summed E-state index contributed by atoms with van der Waals surface area (Å²) in [4.78, 5) is 74.2. The van der Waals surface area contributed by atoms with Crippen LogP contribution in [0.3, 0.4) is 0 Å². The quantitative estimate of drug-likeness (QED) is 0.113. The van der Waals surface area contributed by atoms with E-state index < -0.39 is 64.2 Å². The third-order valence-electron chi connectivity index (χ3n) is 12.3. The van der Waals surface area contributed by atoms with E-state index in [2.05, 4.69) is 10.6 Å². The van der Waals surface area contributed by atoms with Gasteiger partial charge in [-0.15, -0.1) is 9.93 Å². The van der Waals surface area contributed by atoms with Crippen LogP contribution in [-0.2, 0) is 43.4 Å². The summed E-state index contributed by atoms with van der Waals surface area (Å²) < 4.78 is 24.2. The number of likely N-dealkylation sites (tertiary alicyclic amines) is 1. The Balaban J connectivity index is 2.26. The van der Waals surface area contributed by atoms with Gasteiger partial charge in [-0.1, -0.05) is 85.2 Å². The summed E-state index contributed by atoms with van der Waals surface area (Å²) in [5.74, 6) is -2.30. The van der Waals surface area contributed by atoms with E-state index in [9.17, 15) is 33.3 Å². The number of rotatable bonds is 24. The molecule has 1 heterocycles. The maximum absolute atomic E-state index is 14.5. The highest BCUT2D eigenvalue weighted by atomic mass is 32.2. The van der Waals surface area contributed by atoms with Gasteiger partial charge < -0.3 is 39.9 Å². The molecule has 1 aliphatic rings. The summed E-state index contributed by atoms with van der Waals surface area (Å²) in [5, 5.41) is 16.8. The molecule has 0 saturated carbocycles. The van der Waals surface area contributed by atoms with E-state index in [1.807, 2.05) is 59.7 Å². The van der Waals surface area contributed by atoms with Gasteiger partial charge in [0.05, 0.1) is 48.8 Å². The fourth-order valence-electron chi connectivity index (χ4n) is 8.52. The molecule has 10 atom stereocenters. The van der Waals surface area contributed by atoms with Crippen LogP contribution in [0.4, 0.5) is 0 Å². The maximum atomic E-state index is 14.5. The highest BCUT2D eigenvalue weighted by molar-refractivity contribution is 8.01. The number of likely N-dealkylation sites (N-methyl/N-ethyl adjacent to an activating group) is 2. The predicted molar refractivity (Wildman–Crippen MR) is 239 cm³/mol. The summed E-state index contributed by atoms with van der Waals surface area (Å²) in [7, 11) is 4.06. The highest BCUT2D eigenvalue weighted by Crippen LogP contribution is 2.30. The topological polar surface area (TPSA) is 175 Å². The molecule has 0 bridgehead atoms. The molecule has 14 nitrogen and oxygen atoms in total. The van der Waals surface area contributed by atoms with Crippen molar-refractivity contribution in [2.24, 2.45) is 23.7 Å². The van der Waals surface area contributed by atoms with Crippen molar-refractivity contribution in [3.05, 3.63) is 35.9 Å². The Morgan fingerprint density at radius 2 is 1.52 bits per heavy atom. The highest BCUT2D eigenvalue weighted by Gasteiger charge is 2.43. The van der Waals surface area contributed by atoms with Crippen molar-refractivity contribution < 1.29 is 42.8 Å². The first kappa shape index (κ1) is 52.7. The molecule has 3 N–H and O–H groups in total. The van der Waals surface area contributed by atoms with Gasteiger partial charge in [-0.25, -0.2) is 0 Å². The number of thiol groups is 1. The number of aliphatic hydroxyl groups is 1. The number of aliphatic hydroxyl groups excluding tert-OH is 1. The smallest absolute Gasteiger partial charge is 0.245 e. The lowest BCUT2D eigenvalue weighted by Gasteiger charge is -2.41. The molecule has 0 aliphatic carbocycles. The van der Waals surface area contributed by atoms with Gasteiger partial charge in [0.1, 0.15) is 12.1 Å². The van der Waals surface area contributed by atoms with Crippen molar-refractivity contribution in [2.45, 2.75) is 142 Å². The van der Waals surface area contributed by atoms with Gasteiger partial charge in [-0.2, -0.15) is 0 Å². The average molecular weight is 866 g/mol. The molecule has 60 heavy (non-hydrogen) atoms. The standard InChI is InChI=1S/C45H79N5O9S/c1-15-30(6)40(49(10)45(56)38(28(2)3)47-44(55)39(29(4)5)48(9)36(51)24-20-26-60(13,14)57)35(58-11)27-37(52)50-25-19-23-34(50)42(59-12)31(7)43(54)46-32(8)41(53)33-21-17-16-18-22-33/h16-18,21-22,28-32,34-35,38-42,53,60H,15,19-20,23-27H2,1-14H3,(H,46,54)(H,47,55)/t30-,31+,32+,34-,35+,38?,39?,40-,41+,42+/m1/s1. The summed E-state index contributed by atoms with van der Waals surface area (Å²) in [5.41, 5.74) is 0.694.